The quantitative estimate of drug-likeness (QED) is 0.905. The Bertz CT molecular complexity index is 620. The highest BCUT2D eigenvalue weighted by Gasteiger charge is 2.61. The molecular weight excluding hydrogens is 324 g/mol. The summed E-state index contributed by atoms with van der Waals surface area (Å²) in [7, 11) is 2.01. The lowest BCUT2D eigenvalue weighted by Crippen LogP contribution is -2.40. The minimum Gasteiger partial charge on any atom is -0.337 e. The number of piperidine rings is 1. The highest BCUT2D eigenvalue weighted by atomic mass is 35.5. The van der Waals surface area contributed by atoms with E-state index >= 15 is 0 Å². The Kier molecular flexibility index (Phi) is 4.45. The van der Waals surface area contributed by atoms with E-state index in [-0.39, 0.29) is 23.7 Å². The van der Waals surface area contributed by atoms with Gasteiger partial charge in [-0.05, 0) is 49.6 Å². The van der Waals surface area contributed by atoms with Crippen molar-refractivity contribution >= 4 is 18.3 Å². The van der Waals surface area contributed by atoms with Gasteiger partial charge in [0.05, 0.1) is 6.54 Å². The second-order valence-electron chi connectivity index (χ2n) is 8.50. The Hall–Kier alpha value is -1.07. The smallest absolute Gasteiger partial charge is 0.226 e. The molecule has 5 nitrogen and oxygen atoms in total. The van der Waals surface area contributed by atoms with Crippen LogP contribution >= 0.6 is 12.4 Å². The summed E-state index contributed by atoms with van der Waals surface area (Å²) in [4.78, 5) is 19.8. The molecule has 2 heterocycles. The van der Waals surface area contributed by atoms with E-state index in [2.05, 4.69) is 29.0 Å². The first kappa shape index (κ1) is 17.7. The molecule has 2 saturated carbocycles. The summed E-state index contributed by atoms with van der Waals surface area (Å²) in [6.45, 7) is 7.27. The molecule has 2 unspecified atom stereocenters. The third kappa shape index (κ3) is 2.97. The van der Waals surface area contributed by atoms with Gasteiger partial charge >= 0.3 is 0 Å². The number of amides is 1. The molecule has 1 saturated heterocycles. The van der Waals surface area contributed by atoms with Crippen molar-refractivity contribution in [1.82, 2.24) is 19.8 Å². The van der Waals surface area contributed by atoms with E-state index in [9.17, 15) is 4.79 Å². The standard InChI is InChI=1S/C18H28N4O.ClH/c1-17(2)10-13(17)16(23)22(12-15-20-8-9-21(15)3)14-11-18(14)4-6-19-7-5-18;/h8-9,13-14,19H,4-7,10-12H2,1-3H3;1H. The summed E-state index contributed by atoms with van der Waals surface area (Å²) < 4.78 is 2.04. The van der Waals surface area contributed by atoms with E-state index in [1.54, 1.807) is 0 Å². The summed E-state index contributed by atoms with van der Waals surface area (Å²) in [5.74, 6) is 1.56. The van der Waals surface area contributed by atoms with Gasteiger partial charge in [0.2, 0.25) is 5.91 Å². The third-order valence-corrected chi connectivity index (χ3v) is 6.45. The Balaban J connectivity index is 0.00000169. The van der Waals surface area contributed by atoms with Crippen molar-refractivity contribution in [1.29, 1.82) is 0 Å². The first-order chi connectivity index (χ1) is 10.9. The monoisotopic (exact) mass is 352 g/mol. The summed E-state index contributed by atoms with van der Waals surface area (Å²) >= 11 is 0. The molecule has 2 aliphatic carbocycles. The number of rotatable bonds is 4. The van der Waals surface area contributed by atoms with Gasteiger partial charge in [-0.3, -0.25) is 4.79 Å². The molecule has 2 atom stereocenters. The number of imidazole rings is 1. The van der Waals surface area contributed by atoms with Crippen molar-refractivity contribution in [3.8, 4) is 0 Å². The lowest BCUT2D eigenvalue weighted by atomic mass is 9.93. The minimum atomic E-state index is 0. The van der Waals surface area contributed by atoms with Crippen molar-refractivity contribution in [3.05, 3.63) is 18.2 Å². The van der Waals surface area contributed by atoms with Crippen molar-refractivity contribution in [3.63, 3.8) is 0 Å². The van der Waals surface area contributed by atoms with Crippen molar-refractivity contribution in [2.45, 2.75) is 52.1 Å². The van der Waals surface area contributed by atoms with Gasteiger partial charge < -0.3 is 14.8 Å². The summed E-state index contributed by atoms with van der Waals surface area (Å²) in [6.07, 6.45) is 8.41. The predicted octanol–water partition coefficient (Wildman–Crippen LogP) is 2.36. The third-order valence-electron chi connectivity index (χ3n) is 6.45. The van der Waals surface area contributed by atoms with Crippen LogP contribution in [0.1, 0.15) is 45.4 Å². The van der Waals surface area contributed by atoms with Crippen LogP contribution in [0.3, 0.4) is 0 Å². The fraction of sp³-hybridized carbons (Fsp3) is 0.778. The van der Waals surface area contributed by atoms with E-state index in [1.165, 1.54) is 19.3 Å². The largest absolute Gasteiger partial charge is 0.337 e. The molecule has 24 heavy (non-hydrogen) atoms. The second kappa shape index (κ2) is 6.03. The fourth-order valence-corrected chi connectivity index (χ4v) is 4.36. The van der Waals surface area contributed by atoms with Gasteiger partial charge in [-0.1, -0.05) is 13.8 Å². The number of carbonyl (C=O) groups excluding carboxylic acids is 1. The Morgan fingerprint density at radius 1 is 1.38 bits per heavy atom. The van der Waals surface area contributed by atoms with E-state index in [0.29, 0.717) is 23.9 Å². The number of hydrogen-bond donors (Lipinski definition) is 1. The maximum absolute atomic E-state index is 13.1. The molecule has 1 aliphatic heterocycles. The van der Waals surface area contributed by atoms with Gasteiger partial charge in [0.15, 0.2) is 0 Å². The average Bonchev–Trinajstić information content (AvgIpc) is 3.32. The van der Waals surface area contributed by atoms with Gasteiger partial charge in [0.1, 0.15) is 5.82 Å². The summed E-state index contributed by atoms with van der Waals surface area (Å²) in [5.41, 5.74) is 0.568. The zero-order valence-corrected chi connectivity index (χ0v) is 15.7. The van der Waals surface area contributed by atoms with Crippen LogP contribution in [0.25, 0.3) is 0 Å². The molecular formula is C18H29ClN4O. The highest BCUT2D eigenvalue weighted by molar-refractivity contribution is 5.85. The number of nitrogens with one attached hydrogen (secondary N) is 1. The topological polar surface area (TPSA) is 50.2 Å². The molecule has 1 amide bonds. The molecule has 3 aliphatic rings. The Labute approximate surface area is 150 Å². The lowest BCUT2D eigenvalue weighted by molar-refractivity contribution is -0.135. The van der Waals surface area contributed by atoms with Crippen LogP contribution < -0.4 is 5.32 Å². The summed E-state index contributed by atoms with van der Waals surface area (Å²) in [5, 5.41) is 3.45. The number of carbonyl (C=O) groups is 1. The van der Waals surface area contributed by atoms with Gasteiger partial charge in [0, 0.05) is 31.4 Å². The maximum Gasteiger partial charge on any atom is 0.226 e. The van der Waals surface area contributed by atoms with Gasteiger partial charge in [-0.25, -0.2) is 4.98 Å². The SMILES string of the molecule is Cl.Cn1ccnc1CN(C(=O)C1CC1(C)C)C1CC12CCNCC2. The second-order valence-corrected chi connectivity index (χ2v) is 8.50. The zero-order valence-electron chi connectivity index (χ0n) is 14.9. The number of aryl methyl sites for hydroxylation is 1. The van der Waals surface area contributed by atoms with Crippen molar-refractivity contribution in [2.24, 2.45) is 23.8 Å². The number of nitrogens with zero attached hydrogens (tertiary/aromatic N) is 3. The average molecular weight is 353 g/mol. The van der Waals surface area contributed by atoms with Crippen molar-refractivity contribution < 1.29 is 4.79 Å². The minimum absolute atomic E-state index is 0. The molecule has 1 N–H and O–H groups in total. The predicted molar refractivity (Wildman–Crippen MR) is 95.8 cm³/mol. The van der Waals surface area contributed by atoms with Crippen LogP contribution in [0.4, 0.5) is 0 Å². The Morgan fingerprint density at radius 2 is 2.04 bits per heavy atom. The fourth-order valence-electron chi connectivity index (χ4n) is 4.36. The normalized spacial score (nSPS) is 29.0. The summed E-state index contributed by atoms with van der Waals surface area (Å²) in [6, 6.07) is 0.421. The van der Waals surface area contributed by atoms with Gasteiger partial charge in [-0.2, -0.15) is 0 Å². The van der Waals surface area contributed by atoms with E-state index < -0.39 is 0 Å². The van der Waals surface area contributed by atoms with Crippen LogP contribution in [0.5, 0.6) is 0 Å². The molecule has 1 aromatic rings. The van der Waals surface area contributed by atoms with Gasteiger partial charge in [-0.15, -0.1) is 12.4 Å². The first-order valence-corrected chi connectivity index (χ1v) is 8.90. The van der Waals surface area contributed by atoms with Crippen LogP contribution in [-0.2, 0) is 18.4 Å². The molecule has 6 heteroatoms. The van der Waals surface area contributed by atoms with Gasteiger partial charge in [0.25, 0.3) is 0 Å². The number of halogens is 1. The van der Waals surface area contributed by atoms with E-state index in [0.717, 1.165) is 25.3 Å². The Morgan fingerprint density at radius 3 is 2.58 bits per heavy atom. The molecule has 1 aromatic heterocycles. The molecule has 1 spiro atoms. The first-order valence-electron chi connectivity index (χ1n) is 8.90. The number of hydrogen-bond acceptors (Lipinski definition) is 3. The molecule has 0 radical (unpaired) electrons. The zero-order chi connectivity index (χ0) is 16.2. The van der Waals surface area contributed by atoms with Crippen LogP contribution in [-0.4, -0.2) is 39.5 Å². The lowest BCUT2D eigenvalue weighted by Gasteiger charge is -2.30. The van der Waals surface area contributed by atoms with Crippen molar-refractivity contribution in [2.75, 3.05) is 13.1 Å². The molecule has 0 aromatic carbocycles. The van der Waals surface area contributed by atoms with Crippen LogP contribution in [0, 0.1) is 16.7 Å². The van der Waals surface area contributed by atoms with E-state index in [1.807, 2.05) is 24.0 Å². The highest BCUT2D eigenvalue weighted by Crippen LogP contribution is 2.59. The van der Waals surface area contributed by atoms with E-state index in [4.69, 9.17) is 0 Å². The molecule has 0 bridgehead atoms. The maximum atomic E-state index is 13.1. The van der Waals surface area contributed by atoms with Crippen LogP contribution in [0.15, 0.2) is 12.4 Å². The van der Waals surface area contributed by atoms with Crippen LogP contribution in [0.2, 0.25) is 0 Å². The number of aromatic nitrogens is 2. The molecule has 4 rings (SSSR count). The molecule has 134 valence electrons. The molecule has 3 fully saturated rings.